The summed E-state index contributed by atoms with van der Waals surface area (Å²) in [5.41, 5.74) is 2.79. The lowest BCUT2D eigenvalue weighted by Gasteiger charge is -2.10. The number of unbranched alkanes of at least 4 members (excludes halogenated alkanes) is 1. The van der Waals surface area contributed by atoms with Crippen molar-refractivity contribution in [2.24, 2.45) is 0 Å². The molecule has 2 rings (SSSR count). The van der Waals surface area contributed by atoms with E-state index in [1.165, 1.54) is 24.0 Å². The lowest BCUT2D eigenvalue weighted by Crippen LogP contribution is -1.96. The minimum Gasteiger partial charge on any atom is -0.366 e. The zero-order chi connectivity index (χ0) is 9.97. The van der Waals surface area contributed by atoms with E-state index in [0.717, 1.165) is 6.42 Å². The fourth-order valence-corrected chi connectivity index (χ4v) is 2.18. The van der Waals surface area contributed by atoms with Gasteiger partial charge in [-0.25, -0.2) is 0 Å². The smallest absolute Gasteiger partial charge is 0.0836 e. The molecule has 2 atom stereocenters. The largest absolute Gasteiger partial charge is 0.366 e. The van der Waals surface area contributed by atoms with Crippen molar-refractivity contribution in [2.75, 3.05) is 0 Å². The van der Waals surface area contributed by atoms with Crippen molar-refractivity contribution in [3.05, 3.63) is 35.4 Å². The third-order valence-corrected chi connectivity index (χ3v) is 2.97. The van der Waals surface area contributed by atoms with Crippen molar-refractivity contribution in [2.45, 2.75) is 45.3 Å². The first-order valence-corrected chi connectivity index (χ1v) is 5.57. The van der Waals surface area contributed by atoms with Crippen LogP contribution in [0.3, 0.4) is 0 Å². The van der Waals surface area contributed by atoms with Gasteiger partial charge in [-0.1, -0.05) is 44.0 Å². The molecule has 0 radical (unpaired) electrons. The molecule has 0 N–H and O–H groups in total. The van der Waals surface area contributed by atoms with Gasteiger partial charge in [0, 0.05) is 0 Å². The highest BCUT2D eigenvalue weighted by molar-refractivity contribution is 5.33. The van der Waals surface area contributed by atoms with Gasteiger partial charge < -0.3 is 4.74 Å². The average Bonchev–Trinajstić information content (AvgIpc) is 2.54. The van der Waals surface area contributed by atoms with Gasteiger partial charge in [0.05, 0.1) is 12.2 Å². The van der Waals surface area contributed by atoms with E-state index >= 15 is 0 Å². The normalized spacial score (nSPS) is 25.0. The molecular weight excluding hydrogens is 172 g/mol. The van der Waals surface area contributed by atoms with Gasteiger partial charge in [0.15, 0.2) is 0 Å². The molecule has 0 saturated carbocycles. The van der Waals surface area contributed by atoms with Crippen LogP contribution in [0.15, 0.2) is 24.3 Å². The summed E-state index contributed by atoms with van der Waals surface area (Å²) in [5, 5.41) is 0. The van der Waals surface area contributed by atoms with Gasteiger partial charge in [0.25, 0.3) is 0 Å². The van der Waals surface area contributed by atoms with Crippen LogP contribution in [0, 0.1) is 0 Å². The monoisotopic (exact) mass is 190 g/mol. The van der Waals surface area contributed by atoms with Gasteiger partial charge in [-0.3, -0.25) is 0 Å². The highest BCUT2D eigenvalue weighted by atomic mass is 16.5. The van der Waals surface area contributed by atoms with Crippen molar-refractivity contribution in [1.29, 1.82) is 0 Å². The molecule has 0 amide bonds. The van der Waals surface area contributed by atoms with Crippen molar-refractivity contribution < 1.29 is 4.74 Å². The van der Waals surface area contributed by atoms with E-state index in [9.17, 15) is 0 Å². The van der Waals surface area contributed by atoms with Gasteiger partial charge in [0.1, 0.15) is 0 Å². The molecule has 1 aliphatic rings. The Bertz CT molecular complexity index is 306. The minimum absolute atomic E-state index is 0.285. The van der Waals surface area contributed by atoms with Crippen molar-refractivity contribution >= 4 is 0 Å². The van der Waals surface area contributed by atoms with Crippen molar-refractivity contribution in [3.8, 4) is 0 Å². The van der Waals surface area contributed by atoms with Crippen LogP contribution >= 0.6 is 0 Å². The molecule has 1 aromatic rings. The molecule has 1 aliphatic heterocycles. The number of benzene rings is 1. The van der Waals surface area contributed by atoms with E-state index in [0.29, 0.717) is 6.10 Å². The fraction of sp³-hybridized carbons (Fsp3) is 0.538. The quantitative estimate of drug-likeness (QED) is 0.699. The van der Waals surface area contributed by atoms with Gasteiger partial charge >= 0.3 is 0 Å². The molecule has 1 heterocycles. The van der Waals surface area contributed by atoms with Gasteiger partial charge in [-0.2, -0.15) is 0 Å². The first-order chi connectivity index (χ1) is 6.83. The Kier molecular flexibility index (Phi) is 2.87. The van der Waals surface area contributed by atoms with E-state index in [-0.39, 0.29) is 6.10 Å². The van der Waals surface area contributed by atoms with E-state index < -0.39 is 0 Å². The van der Waals surface area contributed by atoms with E-state index in [2.05, 4.69) is 38.1 Å². The zero-order valence-corrected chi connectivity index (χ0v) is 8.99. The number of hydrogen-bond donors (Lipinski definition) is 0. The van der Waals surface area contributed by atoms with Crippen LogP contribution < -0.4 is 0 Å². The predicted molar refractivity (Wildman–Crippen MR) is 58.2 cm³/mol. The summed E-state index contributed by atoms with van der Waals surface area (Å²) in [6, 6.07) is 8.60. The Morgan fingerprint density at radius 3 is 2.64 bits per heavy atom. The van der Waals surface area contributed by atoms with Crippen LogP contribution in [0.5, 0.6) is 0 Å². The van der Waals surface area contributed by atoms with Crippen molar-refractivity contribution in [1.82, 2.24) is 0 Å². The van der Waals surface area contributed by atoms with Gasteiger partial charge in [0.2, 0.25) is 0 Å². The van der Waals surface area contributed by atoms with Crippen LogP contribution in [-0.2, 0) is 4.74 Å². The summed E-state index contributed by atoms with van der Waals surface area (Å²) in [6.45, 7) is 4.37. The lowest BCUT2D eigenvalue weighted by atomic mass is 10.00. The molecular formula is C13H18O. The maximum atomic E-state index is 5.93. The summed E-state index contributed by atoms with van der Waals surface area (Å²) in [5.74, 6) is 0. The zero-order valence-electron chi connectivity index (χ0n) is 8.99. The van der Waals surface area contributed by atoms with E-state index in [1.807, 2.05) is 0 Å². The Balaban J connectivity index is 2.17. The van der Waals surface area contributed by atoms with Crippen molar-refractivity contribution in [3.63, 3.8) is 0 Å². The highest BCUT2D eigenvalue weighted by Gasteiger charge is 2.27. The lowest BCUT2D eigenvalue weighted by molar-refractivity contribution is 0.0160. The molecule has 0 spiro atoms. The maximum absolute atomic E-state index is 5.93. The first kappa shape index (κ1) is 9.72. The fourth-order valence-electron chi connectivity index (χ4n) is 2.18. The first-order valence-electron chi connectivity index (χ1n) is 5.57. The van der Waals surface area contributed by atoms with Gasteiger partial charge in [-0.05, 0) is 24.5 Å². The second-order valence-corrected chi connectivity index (χ2v) is 4.04. The molecule has 1 nitrogen and oxygen atoms in total. The molecule has 1 heteroatoms. The number of ether oxygens (including phenoxy) is 1. The van der Waals surface area contributed by atoms with Crippen LogP contribution in [0.2, 0.25) is 0 Å². The molecule has 0 bridgehead atoms. The number of rotatable bonds is 3. The molecule has 1 aromatic carbocycles. The molecule has 0 unspecified atom stereocenters. The maximum Gasteiger partial charge on any atom is 0.0836 e. The summed E-state index contributed by atoms with van der Waals surface area (Å²) in [6.07, 6.45) is 4.30. The Hall–Kier alpha value is -0.820. The second-order valence-electron chi connectivity index (χ2n) is 4.04. The molecule has 76 valence electrons. The SMILES string of the molecule is CCCC[C@@H]1O[C@@H](C)c2ccccc21. The minimum atomic E-state index is 0.285. The van der Waals surface area contributed by atoms with Crippen LogP contribution in [0.1, 0.15) is 56.4 Å². The molecule has 14 heavy (non-hydrogen) atoms. The third-order valence-electron chi connectivity index (χ3n) is 2.97. The second kappa shape index (κ2) is 4.14. The van der Waals surface area contributed by atoms with Crippen LogP contribution in [0.25, 0.3) is 0 Å². The van der Waals surface area contributed by atoms with Crippen LogP contribution in [-0.4, -0.2) is 0 Å². The summed E-state index contributed by atoms with van der Waals surface area (Å²) < 4.78 is 5.93. The Labute approximate surface area is 86.1 Å². The molecule has 0 saturated heterocycles. The molecule has 0 fully saturated rings. The van der Waals surface area contributed by atoms with Gasteiger partial charge in [-0.15, -0.1) is 0 Å². The Morgan fingerprint density at radius 1 is 1.21 bits per heavy atom. The highest BCUT2D eigenvalue weighted by Crippen LogP contribution is 2.40. The van der Waals surface area contributed by atoms with E-state index in [1.54, 1.807) is 0 Å². The van der Waals surface area contributed by atoms with Crippen LogP contribution in [0.4, 0.5) is 0 Å². The number of fused-ring (bicyclic) bond motifs is 1. The third kappa shape index (κ3) is 1.69. The summed E-state index contributed by atoms with van der Waals surface area (Å²) in [7, 11) is 0. The summed E-state index contributed by atoms with van der Waals surface area (Å²) >= 11 is 0. The average molecular weight is 190 g/mol. The Morgan fingerprint density at radius 2 is 1.93 bits per heavy atom. The standard InChI is InChI=1S/C13H18O/c1-3-4-9-13-12-8-6-5-7-11(12)10(2)14-13/h5-8,10,13H,3-4,9H2,1-2H3/t10-,13-/m0/s1. The molecule has 0 aromatic heterocycles. The summed E-state index contributed by atoms with van der Waals surface area (Å²) in [4.78, 5) is 0. The topological polar surface area (TPSA) is 9.23 Å². The predicted octanol–water partition coefficient (Wildman–Crippen LogP) is 4.01. The molecule has 0 aliphatic carbocycles. The number of hydrogen-bond acceptors (Lipinski definition) is 1. The van der Waals surface area contributed by atoms with E-state index in [4.69, 9.17) is 4.74 Å².